The molecule has 5 heteroatoms. The van der Waals surface area contributed by atoms with E-state index in [9.17, 15) is 9.59 Å². The minimum absolute atomic E-state index is 0.104. The Morgan fingerprint density at radius 2 is 2.00 bits per heavy atom. The van der Waals surface area contributed by atoms with E-state index in [2.05, 4.69) is 5.32 Å². The van der Waals surface area contributed by atoms with E-state index < -0.39 is 17.8 Å². The number of aliphatic hydroxyl groups excluding tert-OH is 1. The summed E-state index contributed by atoms with van der Waals surface area (Å²) in [6.07, 6.45) is 2.63. The van der Waals surface area contributed by atoms with Gasteiger partial charge in [0.05, 0.1) is 24.5 Å². The van der Waals surface area contributed by atoms with Crippen LogP contribution in [0.5, 0.6) is 0 Å². The van der Waals surface area contributed by atoms with Crippen LogP contribution in [-0.4, -0.2) is 34.7 Å². The standard InChI is InChI=1S/C11H19NO4/c1-2-7(6-13)12-10(14)8-4-3-5-9(8)11(15)16/h7-9,13H,2-6H2,1H3,(H,12,14)(H,15,16). The second-order valence-electron chi connectivity index (χ2n) is 4.28. The Kier molecular flexibility index (Phi) is 4.73. The van der Waals surface area contributed by atoms with Gasteiger partial charge >= 0.3 is 5.97 Å². The van der Waals surface area contributed by atoms with Crippen LogP contribution in [0.25, 0.3) is 0 Å². The number of hydrogen-bond acceptors (Lipinski definition) is 3. The molecule has 1 amide bonds. The van der Waals surface area contributed by atoms with E-state index >= 15 is 0 Å². The Morgan fingerprint density at radius 3 is 2.50 bits per heavy atom. The number of aliphatic hydroxyl groups is 1. The van der Waals surface area contributed by atoms with Crippen LogP contribution in [-0.2, 0) is 9.59 Å². The van der Waals surface area contributed by atoms with Crippen molar-refractivity contribution in [2.45, 2.75) is 38.6 Å². The Balaban J connectivity index is 2.56. The third-order valence-electron chi connectivity index (χ3n) is 3.23. The van der Waals surface area contributed by atoms with Crippen molar-refractivity contribution in [3.63, 3.8) is 0 Å². The zero-order chi connectivity index (χ0) is 12.1. The second kappa shape index (κ2) is 5.84. The molecule has 0 heterocycles. The Morgan fingerprint density at radius 1 is 1.38 bits per heavy atom. The summed E-state index contributed by atoms with van der Waals surface area (Å²) in [4.78, 5) is 22.7. The van der Waals surface area contributed by atoms with Gasteiger partial charge in [0, 0.05) is 0 Å². The highest BCUT2D eigenvalue weighted by Crippen LogP contribution is 2.32. The fourth-order valence-corrected chi connectivity index (χ4v) is 2.15. The van der Waals surface area contributed by atoms with Crippen LogP contribution >= 0.6 is 0 Å². The predicted molar refractivity (Wildman–Crippen MR) is 57.8 cm³/mol. The Labute approximate surface area is 94.8 Å². The lowest BCUT2D eigenvalue weighted by Gasteiger charge is -2.19. The molecule has 5 nitrogen and oxygen atoms in total. The van der Waals surface area contributed by atoms with E-state index in [1.165, 1.54) is 0 Å². The Bertz CT molecular complexity index is 263. The molecule has 92 valence electrons. The molecule has 0 aliphatic heterocycles. The lowest BCUT2D eigenvalue weighted by atomic mass is 9.95. The molecule has 0 aromatic carbocycles. The lowest BCUT2D eigenvalue weighted by Crippen LogP contribution is -2.42. The summed E-state index contributed by atoms with van der Waals surface area (Å²) in [5, 5.41) is 20.6. The molecule has 3 atom stereocenters. The SMILES string of the molecule is CCC(CO)NC(=O)C1CCCC1C(=O)O. The van der Waals surface area contributed by atoms with Gasteiger partial charge < -0.3 is 15.5 Å². The van der Waals surface area contributed by atoms with Gasteiger partial charge in [-0.3, -0.25) is 9.59 Å². The monoisotopic (exact) mass is 229 g/mol. The van der Waals surface area contributed by atoms with Gasteiger partial charge in [0.1, 0.15) is 0 Å². The summed E-state index contributed by atoms with van der Waals surface area (Å²) in [5.74, 6) is -2.12. The van der Waals surface area contributed by atoms with E-state index in [0.29, 0.717) is 19.3 Å². The summed E-state index contributed by atoms with van der Waals surface area (Å²) >= 11 is 0. The highest BCUT2D eigenvalue weighted by Gasteiger charge is 2.38. The minimum atomic E-state index is -0.894. The number of amides is 1. The molecule has 16 heavy (non-hydrogen) atoms. The number of carbonyl (C=O) groups is 2. The smallest absolute Gasteiger partial charge is 0.307 e. The van der Waals surface area contributed by atoms with Gasteiger partial charge in [-0.1, -0.05) is 13.3 Å². The van der Waals surface area contributed by atoms with Crippen molar-refractivity contribution in [1.82, 2.24) is 5.32 Å². The topological polar surface area (TPSA) is 86.6 Å². The normalized spacial score (nSPS) is 26.4. The molecule has 0 radical (unpaired) electrons. The first-order chi connectivity index (χ1) is 7.60. The quantitative estimate of drug-likeness (QED) is 0.636. The van der Waals surface area contributed by atoms with Crippen molar-refractivity contribution in [3.8, 4) is 0 Å². The molecule has 0 bridgehead atoms. The van der Waals surface area contributed by atoms with E-state index in [1.807, 2.05) is 6.92 Å². The number of carboxylic acids is 1. The van der Waals surface area contributed by atoms with Gasteiger partial charge in [-0.15, -0.1) is 0 Å². The van der Waals surface area contributed by atoms with Crippen molar-refractivity contribution in [3.05, 3.63) is 0 Å². The third-order valence-corrected chi connectivity index (χ3v) is 3.23. The zero-order valence-electron chi connectivity index (χ0n) is 9.48. The van der Waals surface area contributed by atoms with Crippen LogP contribution in [0.4, 0.5) is 0 Å². The minimum Gasteiger partial charge on any atom is -0.481 e. The number of nitrogens with one attached hydrogen (secondary N) is 1. The van der Waals surface area contributed by atoms with E-state index in [4.69, 9.17) is 10.2 Å². The molecule has 0 saturated heterocycles. The average molecular weight is 229 g/mol. The fraction of sp³-hybridized carbons (Fsp3) is 0.818. The molecular formula is C11H19NO4. The molecular weight excluding hydrogens is 210 g/mol. The first kappa shape index (κ1) is 13.0. The van der Waals surface area contributed by atoms with Gasteiger partial charge in [0.15, 0.2) is 0 Å². The summed E-state index contributed by atoms with van der Waals surface area (Å²) < 4.78 is 0. The van der Waals surface area contributed by atoms with Crippen molar-refractivity contribution in [2.24, 2.45) is 11.8 Å². The van der Waals surface area contributed by atoms with Crippen molar-refractivity contribution in [2.75, 3.05) is 6.61 Å². The maximum Gasteiger partial charge on any atom is 0.307 e. The lowest BCUT2D eigenvalue weighted by molar-refractivity contribution is -0.146. The van der Waals surface area contributed by atoms with E-state index in [1.54, 1.807) is 0 Å². The number of aliphatic carboxylic acids is 1. The van der Waals surface area contributed by atoms with Gasteiger partial charge in [-0.2, -0.15) is 0 Å². The molecule has 1 fully saturated rings. The number of carbonyl (C=O) groups excluding carboxylic acids is 1. The molecule has 1 saturated carbocycles. The molecule has 1 aliphatic carbocycles. The second-order valence-corrected chi connectivity index (χ2v) is 4.28. The summed E-state index contributed by atoms with van der Waals surface area (Å²) in [5.41, 5.74) is 0. The van der Waals surface area contributed by atoms with Crippen LogP contribution in [0.2, 0.25) is 0 Å². The molecule has 3 unspecified atom stereocenters. The summed E-state index contributed by atoms with van der Waals surface area (Å²) in [6, 6.07) is -0.262. The molecule has 1 aliphatic rings. The molecule has 0 aromatic heterocycles. The zero-order valence-corrected chi connectivity index (χ0v) is 9.48. The Hall–Kier alpha value is -1.10. The highest BCUT2D eigenvalue weighted by atomic mass is 16.4. The van der Waals surface area contributed by atoms with E-state index in [0.717, 1.165) is 6.42 Å². The first-order valence-electron chi connectivity index (χ1n) is 5.74. The average Bonchev–Trinajstić information content (AvgIpc) is 2.74. The van der Waals surface area contributed by atoms with Crippen LogP contribution in [0.1, 0.15) is 32.6 Å². The number of rotatable bonds is 5. The maximum absolute atomic E-state index is 11.8. The van der Waals surface area contributed by atoms with Crippen LogP contribution in [0.3, 0.4) is 0 Å². The summed E-state index contributed by atoms with van der Waals surface area (Å²) in [6.45, 7) is 1.76. The summed E-state index contributed by atoms with van der Waals surface area (Å²) in [7, 11) is 0. The van der Waals surface area contributed by atoms with Gasteiger partial charge in [0.25, 0.3) is 0 Å². The highest BCUT2D eigenvalue weighted by molar-refractivity contribution is 5.85. The van der Waals surface area contributed by atoms with Crippen LogP contribution in [0, 0.1) is 11.8 Å². The van der Waals surface area contributed by atoms with Crippen LogP contribution in [0.15, 0.2) is 0 Å². The van der Waals surface area contributed by atoms with Gasteiger partial charge in [0.2, 0.25) is 5.91 Å². The fourth-order valence-electron chi connectivity index (χ4n) is 2.15. The van der Waals surface area contributed by atoms with Gasteiger partial charge in [-0.25, -0.2) is 0 Å². The molecule has 1 rings (SSSR count). The maximum atomic E-state index is 11.8. The van der Waals surface area contributed by atoms with Crippen molar-refractivity contribution in [1.29, 1.82) is 0 Å². The van der Waals surface area contributed by atoms with Gasteiger partial charge in [-0.05, 0) is 19.3 Å². The largest absolute Gasteiger partial charge is 0.481 e. The molecule has 3 N–H and O–H groups in total. The molecule has 0 aromatic rings. The first-order valence-corrected chi connectivity index (χ1v) is 5.74. The van der Waals surface area contributed by atoms with Crippen molar-refractivity contribution < 1.29 is 19.8 Å². The van der Waals surface area contributed by atoms with E-state index in [-0.39, 0.29) is 18.6 Å². The van der Waals surface area contributed by atoms with Crippen LogP contribution < -0.4 is 5.32 Å². The van der Waals surface area contributed by atoms with Crippen molar-refractivity contribution >= 4 is 11.9 Å². The number of carboxylic acid groups (broad SMARTS) is 1. The third kappa shape index (κ3) is 2.95. The predicted octanol–water partition coefficient (Wildman–Crippen LogP) is 0.374. The number of hydrogen-bond donors (Lipinski definition) is 3. The molecule has 0 spiro atoms.